The molecule has 162 valence electrons. The SMILES string of the molecule is COC(=O)c1cc(C(O)CCCCCN2CCN(c3ccccc3)CC2)ccc1O. The number of hydrogen-bond donors (Lipinski definition) is 2. The Morgan fingerprint density at radius 2 is 1.77 bits per heavy atom. The van der Waals surface area contributed by atoms with Crippen LogP contribution < -0.4 is 4.90 Å². The Bertz CT molecular complexity index is 804. The third-order valence-corrected chi connectivity index (χ3v) is 5.76. The predicted molar refractivity (Wildman–Crippen MR) is 118 cm³/mol. The number of anilines is 1. The number of esters is 1. The van der Waals surface area contributed by atoms with Gasteiger partial charge in [-0.15, -0.1) is 0 Å². The van der Waals surface area contributed by atoms with Gasteiger partial charge in [-0.05, 0) is 49.2 Å². The lowest BCUT2D eigenvalue weighted by molar-refractivity contribution is 0.0597. The number of methoxy groups -OCH3 is 1. The Kier molecular flexibility index (Phi) is 8.11. The molecular weight excluding hydrogens is 380 g/mol. The summed E-state index contributed by atoms with van der Waals surface area (Å²) in [6, 6.07) is 15.2. The molecule has 0 radical (unpaired) electrons. The van der Waals surface area contributed by atoms with Gasteiger partial charge in [0, 0.05) is 31.9 Å². The summed E-state index contributed by atoms with van der Waals surface area (Å²) in [4.78, 5) is 16.6. The molecule has 1 fully saturated rings. The first kappa shape index (κ1) is 22.1. The van der Waals surface area contributed by atoms with E-state index in [4.69, 9.17) is 0 Å². The molecule has 2 aromatic rings. The van der Waals surface area contributed by atoms with Crippen LogP contribution >= 0.6 is 0 Å². The van der Waals surface area contributed by atoms with Gasteiger partial charge in [0.2, 0.25) is 0 Å². The van der Waals surface area contributed by atoms with Crippen LogP contribution in [0.3, 0.4) is 0 Å². The number of hydrogen-bond acceptors (Lipinski definition) is 6. The summed E-state index contributed by atoms with van der Waals surface area (Å²) in [6.07, 6.45) is 3.06. The zero-order valence-corrected chi connectivity index (χ0v) is 17.7. The Labute approximate surface area is 178 Å². The molecule has 30 heavy (non-hydrogen) atoms. The van der Waals surface area contributed by atoms with Gasteiger partial charge in [-0.1, -0.05) is 37.1 Å². The first-order valence-electron chi connectivity index (χ1n) is 10.7. The summed E-state index contributed by atoms with van der Waals surface area (Å²) >= 11 is 0. The summed E-state index contributed by atoms with van der Waals surface area (Å²) in [5.41, 5.74) is 2.02. The van der Waals surface area contributed by atoms with E-state index in [2.05, 4.69) is 44.9 Å². The molecule has 0 aromatic heterocycles. The highest BCUT2D eigenvalue weighted by Crippen LogP contribution is 2.26. The number of ether oxygens (including phenoxy) is 1. The number of phenols is 1. The number of phenolic OH excluding ortho intramolecular Hbond substituents is 1. The van der Waals surface area contributed by atoms with E-state index >= 15 is 0 Å². The third kappa shape index (κ3) is 5.97. The highest BCUT2D eigenvalue weighted by Gasteiger charge is 2.17. The fourth-order valence-electron chi connectivity index (χ4n) is 3.92. The Balaban J connectivity index is 1.34. The number of carbonyl (C=O) groups excluding carboxylic acids is 1. The van der Waals surface area contributed by atoms with Crippen LogP contribution in [0.1, 0.15) is 47.7 Å². The van der Waals surface area contributed by atoms with Crippen LogP contribution in [0.4, 0.5) is 5.69 Å². The van der Waals surface area contributed by atoms with Crippen LogP contribution in [0, 0.1) is 0 Å². The van der Waals surface area contributed by atoms with Crippen LogP contribution in [-0.2, 0) is 4.74 Å². The number of unbranched alkanes of at least 4 members (excludes halogenated alkanes) is 2. The van der Waals surface area contributed by atoms with Crippen molar-refractivity contribution < 1.29 is 19.7 Å². The van der Waals surface area contributed by atoms with Crippen molar-refractivity contribution in [1.29, 1.82) is 0 Å². The van der Waals surface area contributed by atoms with Crippen LogP contribution in [0.2, 0.25) is 0 Å². The third-order valence-electron chi connectivity index (χ3n) is 5.76. The number of nitrogens with zero attached hydrogens (tertiary/aromatic N) is 2. The molecule has 6 nitrogen and oxygen atoms in total. The number of benzene rings is 2. The van der Waals surface area contributed by atoms with E-state index < -0.39 is 12.1 Å². The van der Waals surface area contributed by atoms with E-state index in [9.17, 15) is 15.0 Å². The highest BCUT2D eigenvalue weighted by atomic mass is 16.5. The van der Waals surface area contributed by atoms with E-state index in [1.165, 1.54) is 24.9 Å². The monoisotopic (exact) mass is 412 g/mol. The first-order chi connectivity index (χ1) is 14.6. The van der Waals surface area contributed by atoms with Gasteiger partial charge in [-0.2, -0.15) is 0 Å². The van der Waals surface area contributed by atoms with Crippen molar-refractivity contribution in [1.82, 2.24) is 4.90 Å². The number of para-hydroxylation sites is 1. The summed E-state index contributed by atoms with van der Waals surface area (Å²) in [5, 5.41) is 20.2. The highest BCUT2D eigenvalue weighted by molar-refractivity contribution is 5.92. The van der Waals surface area contributed by atoms with E-state index in [1.54, 1.807) is 6.07 Å². The van der Waals surface area contributed by atoms with Gasteiger partial charge in [0.15, 0.2) is 0 Å². The van der Waals surface area contributed by atoms with Crippen molar-refractivity contribution in [2.24, 2.45) is 0 Å². The topological polar surface area (TPSA) is 73.2 Å². The van der Waals surface area contributed by atoms with Crippen molar-refractivity contribution >= 4 is 11.7 Å². The zero-order chi connectivity index (χ0) is 21.3. The molecule has 1 saturated heterocycles. The van der Waals surface area contributed by atoms with Crippen LogP contribution in [0.25, 0.3) is 0 Å². The van der Waals surface area contributed by atoms with E-state index in [0.717, 1.165) is 52.0 Å². The van der Waals surface area contributed by atoms with Gasteiger partial charge in [-0.25, -0.2) is 4.79 Å². The summed E-state index contributed by atoms with van der Waals surface area (Å²) in [7, 11) is 1.27. The second kappa shape index (κ2) is 11.0. The second-order valence-corrected chi connectivity index (χ2v) is 7.80. The molecule has 2 aromatic carbocycles. The normalized spacial score (nSPS) is 15.7. The Morgan fingerprint density at radius 1 is 1.03 bits per heavy atom. The number of carbonyl (C=O) groups is 1. The molecule has 0 amide bonds. The fourth-order valence-corrected chi connectivity index (χ4v) is 3.92. The summed E-state index contributed by atoms with van der Waals surface area (Å²) in [5.74, 6) is -0.737. The van der Waals surface area contributed by atoms with Crippen LogP contribution in [-0.4, -0.2) is 60.9 Å². The van der Waals surface area contributed by atoms with Gasteiger partial charge in [0.1, 0.15) is 11.3 Å². The lowest BCUT2D eigenvalue weighted by Crippen LogP contribution is -2.46. The minimum absolute atomic E-state index is 0.0868. The molecule has 3 rings (SSSR count). The first-order valence-corrected chi connectivity index (χ1v) is 10.7. The Morgan fingerprint density at radius 3 is 2.47 bits per heavy atom. The number of aromatic hydroxyl groups is 1. The van der Waals surface area contributed by atoms with Crippen molar-refractivity contribution in [3.05, 3.63) is 59.7 Å². The van der Waals surface area contributed by atoms with Crippen molar-refractivity contribution in [3.63, 3.8) is 0 Å². The maximum atomic E-state index is 11.7. The van der Waals surface area contributed by atoms with Crippen LogP contribution in [0.15, 0.2) is 48.5 Å². The number of rotatable bonds is 9. The lowest BCUT2D eigenvalue weighted by atomic mass is 10.0. The smallest absolute Gasteiger partial charge is 0.341 e. The molecule has 1 aliphatic heterocycles. The quantitative estimate of drug-likeness (QED) is 0.484. The summed E-state index contributed by atoms with van der Waals surface area (Å²) in [6.45, 7) is 5.38. The molecule has 0 bridgehead atoms. The Hall–Kier alpha value is -2.57. The van der Waals surface area contributed by atoms with Gasteiger partial charge in [0.25, 0.3) is 0 Å². The molecule has 0 spiro atoms. The van der Waals surface area contributed by atoms with Gasteiger partial charge < -0.3 is 19.8 Å². The molecule has 1 aliphatic rings. The number of aliphatic hydroxyl groups excluding tert-OH is 1. The zero-order valence-electron chi connectivity index (χ0n) is 17.7. The van der Waals surface area contributed by atoms with E-state index in [1.807, 2.05) is 0 Å². The average molecular weight is 413 g/mol. The standard InChI is InChI=1S/C24H32N2O4/c1-30-24(29)21-18-19(11-12-23(21)28)22(27)10-6-3-7-13-25-14-16-26(17-15-25)20-8-4-2-5-9-20/h2,4-5,8-9,11-12,18,22,27-28H,3,6-7,10,13-17H2,1H3. The second-order valence-electron chi connectivity index (χ2n) is 7.80. The van der Waals surface area contributed by atoms with Crippen molar-refractivity contribution in [2.45, 2.75) is 31.8 Å². The van der Waals surface area contributed by atoms with E-state index in [-0.39, 0.29) is 11.3 Å². The molecule has 6 heteroatoms. The number of aliphatic hydroxyl groups is 1. The van der Waals surface area contributed by atoms with Crippen LogP contribution in [0.5, 0.6) is 5.75 Å². The maximum Gasteiger partial charge on any atom is 0.341 e. The van der Waals surface area contributed by atoms with Crippen molar-refractivity contribution in [3.8, 4) is 5.75 Å². The molecular formula is C24H32N2O4. The molecule has 0 saturated carbocycles. The molecule has 1 heterocycles. The minimum Gasteiger partial charge on any atom is -0.507 e. The van der Waals surface area contributed by atoms with Gasteiger partial charge in [-0.3, -0.25) is 4.90 Å². The van der Waals surface area contributed by atoms with Crippen molar-refractivity contribution in [2.75, 3.05) is 44.7 Å². The molecule has 1 atom stereocenters. The lowest BCUT2D eigenvalue weighted by Gasteiger charge is -2.36. The molecule has 0 aliphatic carbocycles. The summed E-state index contributed by atoms with van der Waals surface area (Å²) < 4.78 is 4.67. The molecule has 2 N–H and O–H groups in total. The maximum absolute atomic E-state index is 11.7. The van der Waals surface area contributed by atoms with Gasteiger partial charge in [0.05, 0.1) is 13.2 Å². The predicted octanol–water partition coefficient (Wildman–Crippen LogP) is 3.59. The average Bonchev–Trinajstić information content (AvgIpc) is 2.79. The van der Waals surface area contributed by atoms with E-state index in [0.29, 0.717) is 12.0 Å². The fraction of sp³-hybridized carbons (Fsp3) is 0.458. The van der Waals surface area contributed by atoms with Gasteiger partial charge >= 0.3 is 5.97 Å². The largest absolute Gasteiger partial charge is 0.507 e. The minimum atomic E-state index is -0.650. The molecule has 1 unspecified atom stereocenters. The number of piperazine rings is 1.